The van der Waals surface area contributed by atoms with Gasteiger partial charge < -0.3 is 0 Å². The Balaban J connectivity index is 2.42. The van der Waals surface area contributed by atoms with Crippen molar-refractivity contribution < 1.29 is 4.79 Å². The van der Waals surface area contributed by atoms with Crippen molar-refractivity contribution in [2.24, 2.45) is 0 Å². The van der Waals surface area contributed by atoms with E-state index in [2.05, 4.69) is 36.4 Å². The molecule has 0 aliphatic carbocycles. The van der Waals surface area contributed by atoms with Gasteiger partial charge in [-0.05, 0) is 0 Å². The van der Waals surface area contributed by atoms with E-state index in [1.165, 1.54) is 56.7 Å². The first-order chi connectivity index (χ1) is 12.6. The van der Waals surface area contributed by atoms with Crippen molar-refractivity contribution in [3.8, 4) is 0 Å². The Hall–Kier alpha value is -0.621. The molecule has 2 aromatic rings. The average Bonchev–Trinajstić information content (AvgIpc) is 3.21. The second-order valence-electron chi connectivity index (χ2n) is 7.47. The van der Waals surface area contributed by atoms with Crippen LogP contribution < -0.4 is 2.89 Å². The normalized spacial score (nSPS) is 12.5. The fraction of sp³-hybridized carbons (Fsp3) is 0.619. The molecule has 144 valence electrons. The van der Waals surface area contributed by atoms with Crippen molar-refractivity contribution in [1.29, 1.82) is 0 Å². The Morgan fingerprint density at radius 1 is 1.12 bits per heavy atom. The van der Waals surface area contributed by atoms with Gasteiger partial charge in [-0.15, -0.1) is 0 Å². The molecule has 0 aliphatic heterocycles. The molecule has 3 nitrogen and oxygen atoms in total. The predicted molar refractivity (Wildman–Crippen MR) is 117 cm³/mol. The number of rotatable bonds is 12. The zero-order chi connectivity index (χ0) is 19.0. The van der Waals surface area contributed by atoms with Crippen LogP contribution in [0.3, 0.4) is 0 Å². The van der Waals surface area contributed by atoms with E-state index in [4.69, 9.17) is 0 Å². The molecule has 0 aliphatic rings. The summed E-state index contributed by atoms with van der Waals surface area (Å²) in [7, 11) is 0. The van der Waals surface area contributed by atoms with E-state index < -0.39 is 18.4 Å². The van der Waals surface area contributed by atoms with E-state index >= 15 is 0 Å². The maximum atomic E-state index is 11.3. The Kier molecular flexibility index (Phi) is 8.88. The topological polar surface area (TPSA) is 34.4 Å². The summed E-state index contributed by atoms with van der Waals surface area (Å²) in [5, 5.41) is 0. The van der Waals surface area contributed by atoms with Crippen LogP contribution in [-0.2, 0) is 4.79 Å². The van der Waals surface area contributed by atoms with Gasteiger partial charge in [-0.25, -0.2) is 0 Å². The van der Waals surface area contributed by atoms with Crippen molar-refractivity contribution in [2.75, 3.05) is 0 Å². The van der Waals surface area contributed by atoms with Gasteiger partial charge in [-0.2, -0.15) is 0 Å². The quantitative estimate of drug-likeness (QED) is 0.273. The average molecular weight is 481 g/mol. The predicted octanol–water partition coefficient (Wildman–Crippen LogP) is 6.05. The number of imidazole rings is 1. The monoisotopic (exact) mass is 482 g/mol. The molecule has 0 spiro atoms. The fourth-order valence-electron chi connectivity index (χ4n) is 3.66. The Bertz CT molecular complexity index is 710. The van der Waals surface area contributed by atoms with Crippen LogP contribution in [0.2, 0.25) is 13.3 Å². The van der Waals surface area contributed by atoms with E-state index in [1.54, 1.807) is 15.9 Å². The number of aromatic nitrogens is 2. The number of nitrogens with zero attached hydrogens (tertiary/aromatic N) is 2. The molecule has 0 N–H and O–H groups in total. The number of unbranched alkanes of at least 4 members (excludes halogenated alkanes) is 3. The molecule has 0 unspecified atom stereocenters. The van der Waals surface area contributed by atoms with Crippen LogP contribution in [0, 0.1) is 0 Å². The summed E-state index contributed by atoms with van der Waals surface area (Å²) in [5.74, 6) is 0.0743. The van der Waals surface area contributed by atoms with Gasteiger partial charge in [0.2, 0.25) is 0 Å². The number of fused-ring (bicyclic) bond motifs is 1. The summed E-state index contributed by atoms with van der Waals surface area (Å²) in [6, 6.07) is 0. The van der Waals surface area contributed by atoms with E-state index in [-0.39, 0.29) is 5.78 Å². The standard InChI is InChI=1S/C9H7N2OS.3C4H9.Sn/c1-7(12)2-3-8-9-11(6-10-8)4-5-13-9;3*1-3-4-2;/h2-4,6H,1H3;3*1,3-4H2,2H3;/b3-2+;;;;. The van der Waals surface area contributed by atoms with Gasteiger partial charge in [-0.3, -0.25) is 0 Å². The Labute approximate surface area is 166 Å². The molecule has 0 saturated carbocycles. The minimum absolute atomic E-state index is 0.0743. The third-order valence-corrected chi connectivity index (χ3v) is 24.6. The van der Waals surface area contributed by atoms with Crippen molar-refractivity contribution in [3.63, 3.8) is 0 Å². The van der Waals surface area contributed by atoms with Crippen LogP contribution in [-0.4, -0.2) is 33.5 Å². The molecule has 0 bridgehead atoms. The van der Waals surface area contributed by atoms with Gasteiger partial charge in [-0.1, -0.05) is 0 Å². The molecular formula is C21H34N2OSSn. The van der Waals surface area contributed by atoms with Crippen molar-refractivity contribution in [3.05, 3.63) is 24.3 Å². The molecular weight excluding hydrogens is 447 g/mol. The Morgan fingerprint density at radius 2 is 1.69 bits per heavy atom. The summed E-state index contributed by atoms with van der Waals surface area (Å²) in [6.07, 6.45) is 15.9. The molecule has 0 saturated heterocycles. The van der Waals surface area contributed by atoms with E-state index in [1.807, 2.05) is 23.7 Å². The number of hydrogen-bond donors (Lipinski definition) is 0. The first-order valence-electron chi connectivity index (χ1n) is 10.2. The summed E-state index contributed by atoms with van der Waals surface area (Å²) >= 11 is -0.404. The van der Waals surface area contributed by atoms with Gasteiger partial charge in [0.25, 0.3) is 0 Å². The number of ketones is 1. The number of thiazole rings is 1. The summed E-state index contributed by atoms with van der Waals surface area (Å²) < 4.78 is 8.38. The first kappa shape index (κ1) is 21.7. The molecule has 0 radical (unpaired) electrons. The van der Waals surface area contributed by atoms with E-state index in [0.29, 0.717) is 0 Å². The molecule has 2 rings (SSSR count). The first-order valence-corrected chi connectivity index (χ1v) is 18.5. The number of hydrogen-bond acceptors (Lipinski definition) is 3. The van der Waals surface area contributed by atoms with Crippen LogP contribution in [0.4, 0.5) is 0 Å². The van der Waals surface area contributed by atoms with Crippen molar-refractivity contribution in [2.45, 2.75) is 79.5 Å². The molecule has 26 heavy (non-hydrogen) atoms. The number of carbonyl (C=O) groups excluding carboxylic acids is 1. The van der Waals surface area contributed by atoms with Crippen LogP contribution >= 0.6 is 11.3 Å². The molecule has 2 heterocycles. The summed E-state index contributed by atoms with van der Waals surface area (Å²) in [6.45, 7) is 8.56. The summed E-state index contributed by atoms with van der Waals surface area (Å²) in [4.78, 5) is 17.0. The van der Waals surface area contributed by atoms with E-state index in [0.717, 1.165) is 5.69 Å². The molecule has 0 atom stereocenters. The number of allylic oxidation sites excluding steroid dienone is 1. The van der Waals surface area contributed by atoms with E-state index in [9.17, 15) is 4.79 Å². The Morgan fingerprint density at radius 3 is 2.19 bits per heavy atom. The molecule has 0 aromatic carbocycles. The molecule has 5 heteroatoms. The van der Waals surface area contributed by atoms with Gasteiger partial charge in [0.05, 0.1) is 0 Å². The SMILES string of the molecule is CCC[CH2][Sn]([CH2]CCC)([CH2]CCC)[c]1cn2cnc(/C=C/C(C)=O)c2s1. The van der Waals surface area contributed by atoms with Crippen LogP contribution in [0.1, 0.15) is 71.9 Å². The van der Waals surface area contributed by atoms with Gasteiger partial charge >= 0.3 is 167 Å². The van der Waals surface area contributed by atoms with Gasteiger partial charge in [0.15, 0.2) is 0 Å². The van der Waals surface area contributed by atoms with Crippen LogP contribution in [0.25, 0.3) is 10.9 Å². The summed E-state index contributed by atoms with van der Waals surface area (Å²) in [5.41, 5.74) is 0.943. The minimum atomic E-state index is -2.38. The fourth-order valence-corrected chi connectivity index (χ4v) is 23.7. The zero-order valence-electron chi connectivity index (χ0n) is 16.9. The zero-order valence-corrected chi connectivity index (χ0v) is 20.6. The van der Waals surface area contributed by atoms with Crippen molar-refractivity contribution >= 4 is 49.3 Å². The second kappa shape index (κ2) is 10.6. The third kappa shape index (κ3) is 5.44. The third-order valence-electron chi connectivity index (χ3n) is 5.26. The maximum absolute atomic E-state index is 11.3. The second-order valence-corrected chi connectivity index (χ2v) is 22.7. The van der Waals surface area contributed by atoms with Gasteiger partial charge in [0, 0.05) is 0 Å². The van der Waals surface area contributed by atoms with Crippen molar-refractivity contribution in [1.82, 2.24) is 9.38 Å². The number of carbonyl (C=O) groups is 1. The van der Waals surface area contributed by atoms with Crippen LogP contribution in [0.15, 0.2) is 18.6 Å². The van der Waals surface area contributed by atoms with Crippen LogP contribution in [0.5, 0.6) is 0 Å². The van der Waals surface area contributed by atoms with Gasteiger partial charge in [0.1, 0.15) is 0 Å². The molecule has 2 aromatic heterocycles. The molecule has 0 fully saturated rings. The molecule has 0 amide bonds.